The molecule has 2 aliphatic heterocycles. The van der Waals surface area contributed by atoms with E-state index in [1.165, 1.54) is 25.7 Å². The molecule has 0 saturated carbocycles. The molecular formula is C14H27B. The van der Waals surface area contributed by atoms with Crippen molar-refractivity contribution in [3.63, 3.8) is 0 Å². The summed E-state index contributed by atoms with van der Waals surface area (Å²) in [6.07, 6.45) is 13.7. The zero-order valence-corrected chi connectivity index (χ0v) is 10.7. The molecule has 0 aromatic rings. The van der Waals surface area contributed by atoms with Gasteiger partial charge in [0, 0.05) is 0 Å². The SMILES string of the molecule is CCC(CC)CB1C2CCCC1CCC2. The molecule has 15 heavy (non-hydrogen) atoms. The van der Waals surface area contributed by atoms with E-state index in [1.54, 1.807) is 32.0 Å². The number of fused-ring (bicyclic) bond motifs is 2. The molecule has 0 atom stereocenters. The lowest BCUT2D eigenvalue weighted by atomic mass is 9.25. The average Bonchev–Trinajstić information content (AvgIpc) is 2.25. The molecule has 0 unspecified atom stereocenters. The first-order valence-corrected chi connectivity index (χ1v) is 7.35. The molecule has 86 valence electrons. The maximum absolute atomic E-state index is 2.38. The molecule has 1 heteroatoms. The van der Waals surface area contributed by atoms with Gasteiger partial charge in [-0.1, -0.05) is 83.2 Å². The highest BCUT2D eigenvalue weighted by molar-refractivity contribution is 6.62. The highest BCUT2D eigenvalue weighted by Crippen LogP contribution is 2.48. The van der Waals surface area contributed by atoms with Crippen LogP contribution in [0.4, 0.5) is 0 Å². The first-order chi connectivity index (χ1) is 7.35. The summed E-state index contributed by atoms with van der Waals surface area (Å²) in [5.74, 6) is 3.27. The fraction of sp³-hybridized carbons (Fsp3) is 1.00. The minimum absolute atomic E-state index is 1.02. The van der Waals surface area contributed by atoms with Crippen molar-refractivity contribution in [2.45, 2.75) is 83.2 Å². The van der Waals surface area contributed by atoms with Gasteiger partial charge in [-0.15, -0.1) is 0 Å². The smallest absolute Gasteiger partial charge is 0.0709 e. The van der Waals surface area contributed by atoms with E-state index >= 15 is 0 Å². The second-order valence-electron chi connectivity index (χ2n) is 5.96. The Bertz CT molecular complexity index is 164. The van der Waals surface area contributed by atoms with Gasteiger partial charge in [0.05, 0.1) is 0 Å². The summed E-state index contributed by atoms with van der Waals surface area (Å²) in [6.45, 7) is 5.89. The summed E-state index contributed by atoms with van der Waals surface area (Å²) in [6, 6.07) is 0. The van der Waals surface area contributed by atoms with Crippen LogP contribution in [0.1, 0.15) is 65.2 Å². The molecule has 2 fully saturated rings. The molecular weight excluding hydrogens is 179 g/mol. The molecule has 0 amide bonds. The van der Waals surface area contributed by atoms with E-state index in [0.29, 0.717) is 0 Å². The van der Waals surface area contributed by atoms with Crippen molar-refractivity contribution in [1.29, 1.82) is 0 Å². The molecule has 2 saturated heterocycles. The third-order valence-corrected chi connectivity index (χ3v) is 5.27. The van der Waals surface area contributed by atoms with E-state index in [0.717, 1.165) is 24.3 Å². The van der Waals surface area contributed by atoms with Gasteiger partial charge in [-0.2, -0.15) is 0 Å². The lowest BCUT2D eigenvalue weighted by Gasteiger charge is -2.42. The monoisotopic (exact) mass is 206 g/mol. The van der Waals surface area contributed by atoms with Gasteiger partial charge in [0.15, 0.2) is 0 Å². The van der Waals surface area contributed by atoms with E-state index in [2.05, 4.69) is 13.8 Å². The van der Waals surface area contributed by atoms with Crippen molar-refractivity contribution >= 4 is 6.71 Å². The number of hydrogen-bond donors (Lipinski definition) is 0. The molecule has 2 heterocycles. The molecule has 0 spiro atoms. The molecule has 0 radical (unpaired) electrons. The van der Waals surface area contributed by atoms with Crippen molar-refractivity contribution in [2.24, 2.45) is 5.92 Å². The largest absolute Gasteiger partial charge is 0.146 e. The second kappa shape index (κ2) is 5.41. The van der Waals surface area contributed by atoms with Gasteiger partial charge in [-0.25, -0.2) is 0 Å². The molecule has 2 aliphatic rings. The summed E-state index contributed by atoms with van der Waals surface area (Å²) >= 11 is 0. The number of hydrogen-bond acceptors (Lipinski definition) is 0. The quantitative estimate of drug-likeness (QED) is 0.566. The van der Waals surface area contributed by atoms with Crippen molar-refractivity contribution in [3.05, 3.63) is 0 Å². The standard InChI is InChI=1S/C14H27B/c1-3-12(4-2)11-15-13-7-5-8-14(15)10-6-9-13/h12-14H,3-11H2,1-2H3. The minimum atomic E-state index is 1.02. The van der Waals surface area contributed by atoms with Crippen LogP contribution in [0.5, 0.6) is 0 Å². The fourth-order valence-corrected chi connectivity index (χ4v) is 4.21. The Morgan fingerprint density at radius 3 is 1.80 bits per heavy atom. The van der Waals surface area contributed by atoms with Crippen LogP contribution >= 0.6 is 0 Å². The van der Waals surface area contributed by atoms with E-state index in [1.807, 2.05) is 0 Å². The molecule has 0 N–H and O–H groups in total. The van der Waals surface area contributed by atoms with E-state index in [-0.39, 0.29) is 0 Å². The lowest BCUT2D eigenvalue weighted by molar-refractivity contribution is 0.428. The highest BCUT2D eigenvalue weighted by Gasteiger charge is 2.39. The first kappa shape index (κ1) is 11.5. The molecule has 0 nitrogen and oxygen atoms in total. The van der Waals surface area contributed by atoms with Crippen LogP contribution in [0, 0.1) is 5.92 Å². The van der Waals surface area contributed by atoms with Crippen molar-refractivity contribution in [3.8, 4) is 0 Å². The van der Waals surface area contributed by atoms with Gasteiger partial charge >= 0.3 is 0 Å². The highest BCUT2D eigenvalue weighted by atomic mass is 14.3. The van der Waals surface area contributed by atoms with E-state index in [4.69, 9.17) is 0 Å². The maximum atomic E-state index is 2.38. The Labute approximate surface area is 96.3 Å². The van der Waals surface area contributed by atoms with Gasteiger partial charge in [0.25, 0.3) is 0 Å². The molecule has 2 rings (SSSR count). The van der Waals surface area contributed by atoms with Crippen molar-refractivity contribution < 1.29 is 0 Å². The molecule has 0 aromatic heterocycles. The van der Waals surface area contributed by atoms with Gasteiger partial charge < -0.3 is 0 Å². The van der Waals surface area contributed by atoms with Crippen LogP contribution in [0.3, 0.4) is 0 Å². The Balaban J connectivity index is 1.94. The van der Waals surface area contributed by atoms with E-state index in [9.17, 15) is 0 Å². The van der Waals surface area contributed by atoms with Crippen LogP contribution in [0.2, 0.25) is 18.0 Å². The molecule has 2 bridgehead atoms. The van der Waals surface area contributed by atoms with Crippen LogP contribution in [0.15, 0.2) is 0 Å². The third-order valence-electron chi connectivity index (χ3n) is 5.27. The van der Waals surface area contributed by atoms with Crippen molar-refractivity contribution in [2.75, 3.05) is 0 Å². The van der Waals surface area contributed by atoms with Crippen LogP contribution in [-0.2, 0) is 0 Å². The predicted molar refractivity (Wildman–Crippen MR) is 69.8 cm³/mol. The normalized spacial score (nSPS) is 31.0. The topological polar surface area (TPSA) is 0 Å². The lowest BCUT2D eigenvalue weighted by Crippen LogP contribution is -2.35. The van der Waals surface area contributed by atoms with Crippen LogP contribution in [0.25, 0.3) is 0 Å². The Hall–Kier alpha value is 0.0649. The Kier molecular flexibility index (Phi) is 4.17. The van der Waals surface area contributed by atoms with Gasteiger partial charge in [0.1, 0.15) is 6.71 Å². The summed E-state index contributed by atoms with van der Waals surface area (Å²) in [5.41, 5.74) is 0. The zero-order valence-electron chi connectivity index (χ0n) is 10.7. The Morgan fingerprint density at radius 2 is 1.40 bits per heavy atom. The van der Waals surface area contributed by atoms with Crippen LogP contribution < -0.4 is 0 Å². The molecule has 0 aromatic carbocycles. The Morgan fingerprint density at radius 1 is 0.933 bits per heavy atom. The fourth-order valence-electron chi connectivity index (χ4n) is 4.21. The van der Waals surface area contributed by atoms with Crippen molar-refractivity contribution in [1.82, 2.24) is 0 Å². The van der Waals surface area contributed by atoms with Crippen LogP contribution in [-0.4, -0.2) is 6.71 Å². The third kappa shape index (κ3) is 2.60. The number of rotatable bonds is 4. The molecule has 0 aliphatic carbocycles. The summed E-state index contributed by atoms with van der Waals surface area (Å²) in [5, 5.41) is 0. The summed E-state index contributed by atoms with van der Waals surface area (Å²) < 4.78 is 0. The average molecular weight is 206 g/mol. The second-order valence-corrected chi connectivity index (χ2v) is 5.96. The van der Waals surface area contributed by atoms with Gasteiger partial charge in [-0.3, -0.25) is 0 Å². The van der Waals surface area contributed by atoms with Gasteiger partial charge in [0.2, 0.25) is 0 Å². The predicted octanol–water partition coefficient (Wildman–Crippen LogP) is 5.03. The first-order valence-electron chi connectivity index (χ1n) is 7.35. The van der Waals surface area contributed by atoms with E-state index < -0.39 is 0 Å². The maximum Gasteiger partial charge on any atom is 0.146 e. The zero-order chi connectivity index (χ0) is 10.7. The minimum Gasteiger partial charge on any atom is -0.0709 e. The summed E-state index contributed by atoms with van der Waals surface area (Å²) in [4.78, 5) is 0. The van der Waals surface area contributed by atoms with Gasteiger partial charge in [-0.05, 0) is 5.92 Å². The summed E-state index contributed by atoms with van der Waals surface area (Å²) in [7, 11) is 0.